The van der Waals surface area contributed by atoms with Crippen LogP contribution in [-0.2, 0) is 0 Å². The Balaban J connectivity index is 2.55. The van der Waals surface area contributed by atoms with Gasteiger partial charge in [-0.15, -0.1) is 0 Å². The van der Waals surface area contributed by atoms with Crippen LogP contribution in [0.4, 0.5) is 4.39 Å². The topological polar surface area (TPSA) is 47.3 Å². The van der Waals surface area contributed by atoms with Gasteiger partial charge in [0.1, 0.15) is 11.6 Å². The first-order valence-corrected chi connectivity index (χ1v) is 6.98. The zero-order valence-corrected chi connectivity index (χ0v) is 13.0. The molecule has 0 aromatic heterocycles. The highest BCUT2D eigenvalue weighted by Crippen LogP contribution is 2.33. The number of benzene rings is 2. The summed E-state index contributed by atoms with van der Waals surface area (Å²) < 4.78 is 20.1. The van der Waals surface area contributed by atoms with E-state index in [0.29, 0.717) is 21.9 Å². The molecular weight excluding hydrogens is 347 g/mol. The summed E-state index contributed by atoms with van der Waals surface area (Å²) >= 11 is 9.26. The van der Waals surface area contributed by atoms with Crippen molar-refractivity contribution in [2.45, 2.75) is 6.04 Å². The molecule has 2 aromatic carbocycles. The number of halogens is 3. The monoisotopic (exact) mass is 358 g/mol. The molecule has 106 valence electrons. The van der Waals surface area contributed by atoms with E-state index in [1.807, 2.05) is 0 Å². The molecule has 0 saturated carbocycles. The molecule has 6 heteroatoms. The number of hydrazine groups is 1. The molecule has 0 radical (unpaired) electrons. The maximum absolute atomic E-state index is 14.0. The van der Waals surface area contributed by atoms with Crippen molar-refractivity contribution >= 4 is 27.5 Å². The molecule has 0 saturated heterocycles. The predicted molar refractivity (Wildman–Crippen MR) is 81.3 cm³/mol. The molecular formula is C14H13BrClFN2O. The van der Waals surface area contributed by atoms with Gasteiger partial charge in [0.2, 0.25) is 0 Å². The highest BCUT2D eigenvalue weighted by atomic mass is 79.9. The highest BCUT2D eigenvalue weighted by molar-refractivity contribution is 9.10. The molecule has 3 N–H and O–H groups in total. The van der Waals surface area contributed by atoms with Crippen molar-refractivity contribution in [1.82, 2.24) is 5.43 Å². The molecule has 0 heterocycles. The molecule has 3 nitrogen and oxygen atoms in total. The normalized spacial score (nSPS) is 12.2. The van der Waals surface area contributed by atoms with E-state index in [9.17, 15) is 4.39 Å². The van der Waals surface area contributed by atoms with Gasteiger partial charge < -0.3 is 4.74 Å². The number of methoxy groups -OCH3 is 1. The van der Waals surface area contributed by atoms with Gasteiger partial charge in [0, 0.05) is 20.6 Å². The highest BCUT2D eigenvalue weighted by Gasteiger charge is 2.20. The SMILES string of the molecule is COc1cc(Cl)ccc1C(NN)c1cc(Br)ccc1F. The van der Waals surface area contributed by atoms with E-state index in [2.05, 4.69) is 21.4 Å². The van der Waals surface area contributed by atoms with Crippen molar-refractivity contribution < 1.29 is 9.13 Å². The maximum Gasteiger partial charge on any atom is 0.128 e. The summed E-state index contributed by atoms with van der Waals surface area (Å²) in [4.78, 5) is 0. The largest absolute Gasteiger partial charge is 0.496 e. The third-order valence-corrected chi connectivity index (χ3v) is 3.67. The van der Waals surface area contributed by atoms with Crippen LogP contribution in [0.5, 0.6) is 5.75 Å². The Labute approximate surface area is 130 Å². The number of hydrogen-bond donors (Lipinski definition) is 2. The lowest BCUT2D eigenvalue weighted by Gasteiger charge is -2.20. The summed E-state index contributed by atoms with van der Waals surface area (Å²) in [6, 6.07) is 9.27. The third-order valence-electron chi connectivity index (χ3n) is 2.94. The van der Waals surface area contributed by atoms with Crippen LogP contribution in [0.1, 0.15) is 17.2 Å². The van der Waals surface area contributed by atoms with Gasteiger partial charge in [0.05, 0.1) is 13.2 Å². The molecule has 0 aliphatic carbocycles. The Morgan fingerprint density at radius 2 is 2.00 bits per heavy atom. The van der Waals surface area contributed by atoms with Crippen LogP contribution in [0, 0.1) is 5.82 Å². The quantitative estimate of drug-likeness (QED) is 0.645. The molecule has 1 unspecified atom stereocenters. The Morgan fingerprint density at radius 3 is 2.65 bits per heavy atom. The van der Waals surface area contributed by atoms with E-state index in [1.165, 1.54) is 13.2 Å². The summed E-state index contributed by atoms with van der Waals surface area (Å²) in [5.41, 5.74) is 3.74. The molecule has 0 fully saturated rings. The Morgan fingerprint density at radius 1 is 1.25 bits per heavy atom. The molecule has 20 heavy (non-hydrogen) atoms. The van der Waals surface area contributed by atoms with E-state index in [0.717, 1.165) is 4.47 Å². The van der Waals surface area contributed by atoms with Gasteiger partial charge in [-0.05, 0) is 30.3 Å². The van der Waals surface area contributed by atoms with Gasteiger partial charge in [-0.1, -0.05) is 33.6 Å². The second-order valence-corrected chi connectivity index (χ2v) is 5.50. The van der Waals surface area contributed by atoms with Crippen molar-refractivity contribution in [3.8, 4) is 5.75 Å². The second-order valence-electron chi connectivity index (χ2n) is 4.15. The van der Waals surface area contributed by atoms with E-state index in [-0.39, 0.29) is 5.82 Å². The Bertz CT molecular complexity index is 624. The van der Waals surface area contributed by atoms with Crippen molar-refractivity contribution in [2.75, 3.05) is 7.11 Å². The van der Waals surface area contributed by atoms with E-state index >= 15 is 0 Å². The minimum atomic E-state index is -0.542. The molecule has 0 amide bonds. The molecule has 0 aliphatic heterocycles. The fraction of sp³-hybridized carbons (Fsp3) is 0.143. The number of nitrogens with one attached hydrogen (secondary N) is 1. The Kier molecular flexibility index (Phi) is 4.99. The summed E-state index contributed by atoms with van der Waals surface area (Å²) in [7, 11) is 1.53. The number of nitrogens with two attached hydrogens (primary N) is 1. The molecule has 1 atom stereocenters. The zero-order chi connectivity index (χ0) is 14.7. The molecule has 0 aliphatic rings. The first kappa shape index (κ1) is 15.3. The van der Waals surface area contributed by atoms with Gasteiger partial charge in [0.25, 0.3) is 0 Å². The molecule has 0 bridgehead atoms. The van der Waals surface area contributed by atoms with Crippen LogP contribution in [0.2, 0.25) is 5.02 Å². The lowest BCUT2D eigenvalue weighted by molar-refractivity contribution is 0.403. The standard InChI is InChI=1S/C14H13BrClFN2O/c1-20-13-7-9(16)3-4-10(13)14(19-18)11-6-8(15)2-5-12(11)17/h2-7,14,19H,18H2,1H3. The third kappa shape index (κ3) is 3.12. The number of rotatable bonds is 4. The Hall–Kier alpha value is -1.14. The minimum Gasteiger partial charge on any atom is -0.496 e. The average molecular weight is 360 g/mol. The molecule has 2 rings (SSSR count). The van der Waals surface area contributed by atoms with Gasteiger partial charge in [-0.2, -0.15) is 0 Å². The van der Waals surface area contributed by atoms with Gasteiger partial charge in [-0.25, -0.2) is 9.82 Å². The fourth-order valence-corrected chi connectivity index (χ4v) is 2.55. The molecule has 0 spiro atoms. The smallest absolute Gasteiger partial charge is 0.128 e. The van der Waals surface area contributed by atoms with Crippen LogP contribution in [0.15, 0.2) is 40.9 Å². The van der Waals surface area contributed by atoms with Crippen LogP contribution in [0.3, 0.4) is 0 Å². The molecule has 2 aromatic rings. The van der Waals surface area contributed by atoms with E-state index in [4.69, 9.17) is 22.2 Å². The van der Waals surface area contributed by atoms with E-state index < -0.39 is 6.04 Å². The van der Waals surface area contributed by atoms with Crippen molar-refractivity contribution in [1.29, 1.82) is 0 Å². The van der Waals surface area contributed by atoms with Crippen molar-refractivity contribution in [2.24, 2.45) is 5.84 Å². The predicted octanol–water partition coefficient (Wildman–Crippen LogP) is 3.80. The summed E-state index contributed by atoms with van der Waals surface area (Å²) in [5.74, 6) is 5.78. The fourth-order valence-electron chi connectivity index (χ4n) is 2.01. The van der Waals surface area contributed by atoms with Gasteiger partial charge >= 0.3 is 0 Å². The average Bonchev–Trinajstić information content (AvgIpc) is 2.44. The number of ether oxygens (including phenoxy) is 1. The van der Waals surface area contributed by atoms with Crippen molar-refractivity contribution in [3.63, 3.8) is 0 Å². The van der Waals surface area contributed by atoms with Crippen molar-refractivity contribution in [3.05, 3.63) is 62.8 Å². The first-order valence-electron chi connectivity index (χ1n) is 5.81. The van der Waals surface area contributed by atoms with Crippen LogP contribution < -0.4 is 16.0 Å². The summed E-state index contributed by atoms with van der Waals surface area (Å²) in [6.07, 6.45) is 0. The second kappa shape index (κ2) is 6.54. The lowest BCUT2D eigenvalue weighted by atomic mass is 9.98. The van der Waals surface area contributed by atoms with E-state index in [1.54, 1.807) is 30.3 Å². The first-order chi connectivity index (χ1) is 9.56. The zero-order valence-electron chi connectivity index (χ0n) is 10.7. The lowest BCUT2D eigenvalue weighted by Crippen LogP contribution is -2.29. The summed E-state index contributed by atoms with van der Waals surface area (Å²) in [5, 5.41) is 0.538. The van der Waals surface area contributed by atoms with Gasteiger partial charge in [0.15, 0.2) is 0 Å². The minimum absolute atomic E-state index is 0.354. The van der Waals surface area contributed by atoms with Crippen LogP contribution >= 0.6 is 27.5 Å². The number of hydrogen-bond acceptors (Lipinski definition) is 3. The van der Waals surface area contributed by atoms with Gasteiger partial charge in [-0.3, -0.25) is 5.84 Å². The van der Waals surface area contributed by atoms with Crippen LogP contribution in [-0.4, -0.2) is 7.11 Å². The summed E-state index contributed by atoms with van der Waals surface area (Å²) in [6.45, 7) is 0. The maximum atomic E-state index is 14.0. The van der Waals surface area contributed by atoms with Crippen LogP contribution in [0.25, 0.3) is 0 Å².